The van der Waals surface area contributed by atoms with E-state index in [9.17, 15) is 14.0 Å². The van der Waals surface area contributed by atoms with Crippen LogP contribution in [-0.4, -0.2) is 57.6 Å². The van der Waals surface area contributed by atoms with Crippen molar-refractivity contribution in [1.29, 1.82) is 0 Å². The number of amides is 2. The van der Waals surface area contributed by atoms with Gasteiger partial charge < -0.3 is 9.80 Å². The summed E-state index contributed by atoms with van der Waals surface area (Å²) in [6.45, 7) is 5.88. The van der Waals surface area contributed by atoms with Crippen molar-refractivity contribution < 1.29 is 14.0 Å². The average molecular weight is 358 g/mol. The molecule has 1 aliphatic heterocycles. The highest BCUT2D eigenvalue weighted by Gasteiger charge is 2.25. The summed E-state index contributed by atoms with van der Waals surface area (Å²) >= 11 is 0. The van der Waals surface area contributed by atoms with Crippen LogP contribution in [0.1, 0.15) is 36.3 Å². The Kier molecular flexibility index (Phi) is 5.35. The van der Waals surface area contributed by atoms with E-state index in [-0.39, 0.29) is 17.6 Å². The fourth-order valence-electron chi connectivity index (χ4n) is 3.30. The van der Waals surface area contributed by atoms with Gasteiger partial charge in [-0.1, -0.05) is 6.92 Å². The first-order valence-electron chi connectivity index (χ1n) is 8.89. The highest BCUT2D eigenvalue weighted by Crippen LogP contribution is 2.19. The zero-order chi connectivity index (χ0) is 18.7. The van der Waals surface area contributed by atoms with Crippen LogP contribution in [0.2, 0.25) is 0 Å². The summed E-state index contributed by atoms with van der Waals surface area (Å²) in [5.74, 6) is -0.340. The number of carbonyl (C=O) groups is 2. The third-order valence-corrected chi connectivity index (χ3v) is 4.73. The fraction of sp³-hybridized carbons (Fsp3) is 0.421. The minimum atomic E-state index is -0.310. The molecule has 6 nitrogen and oxygen atoms in total. The zero-order valence-corrected chi connectivity index (χ0v) is 15.1. The van der Waals surface area contributed by atoms with E-state index < -0.39 is 0 Å². The van der Waals surface area contributed by atoms with Crippen molar-refractivity contribution in [3.05, 3.63) is 47.5 Å². The van der Waals surface area contributed by atoms with Crippen LogP contribution in [0, 0.1) is 5.82 Å². The number of hydrogen-bond donors (Lipinski definition) is 0. The first kappa shape index (κ1) is 18.1. The molecule has 0 unspecified atom stereocenters. The maximum absolute atomic E-state index is 13.2. The molecule has 7 heteroatoms. The standard InChI is InChI=1S/C19H23FN4O2/c1-3-18-17(13-21-24(18)16-7-5-15(20)6-8-16)19(26)23-10-4-9-22(11-12-23)14(2)25/h5-8,13H,3-4,9-12H2,1-2H3. The van der Waals surface area contributed by atoms with Gasteiger partial charge in [0.05, 0.1) is 23.1 Å². The second kappa shape index (κ2) is 7.68. The summed E-state index contributed by atoms with van der Waals surface area (Å²) in [5, 5.41) is 4.35. The van der Waals surface area contributed by atoms with Gasteiger partial charge in [-0.2, -0.15) is 5.10 Å². The Morgan fingerprint density at radius 3 is 2.38 bits per heavy atom. The van der Waals surface area contributed by atoms with E-state index in [4.69, 9.17) is 0 Å². The van der Waals surface area contributed by atoms with Crippen molar-refractivity contribution in [1.82, 2.24) is 19.6 Å². The number of hydrogen-bond acceptors (Lipinski definition) is 3. The summed E-state index contributed by atoms with van der Waals surface area (Å²) in [6.07, 6.45) is 2.98. The second-order valence-corrected chi connectivity index (χ2v) is 6.40. The van der Waals surface area contributed by atoms with Crippen molar-refractivity contribution in [3.63, 3.8) is 0 Å². The Morgan fingerprint density at radius 1 is 1.08 bits per heavy atom. The van der Waals surface area contributed by atoms with Crippen LogP contribution in [0.15, 0.2) is 30.5 Å². The quantitative estimate of drug-likeness (QED) is 0.846. The maximum atomic E-state index is 13.2. The van der Waals surface area contributed by atoms with Gasteiger partial charge in [-0.05, 0) is 37.1 Å². The van der Waals surface area contributed by atoms with Crippen LogP contribution in [0.4, 0.5) is 4.39 Å². The number of rotatable bonds is 3. The molecule has 0 N–H and O–H groups in total. The number of benzene rings is 1. The van der Waals surface area contributed by atoms with Gasteiger partial charge in [-0.25, -0.2) is 9.07 Å². The molecule has 0 atom stereocenters. The molecule has 0 aliphatic carbocycles. The van der Waals surface area contributed by atoms with Gasteiger partial charge >= 0.3 is 0 Å². The first-order chi connectivity index (χ1) is 12.5. The van der Waals surface area contributed by atoms with E-state index in [1.807, 2.05) is 6.92 Å². The fourth-order valence-corrected chi connectivity index (χ4v) is 3.30. The second-order valence-electron chi connectivity index (χ2n) is 6.40. The van der Waals surface area contributed by atoms with E-state index in [0.29, 0.717) is 38.2 Å². The lowest BCUT2D eigenvalue weighted by Gasteiger charge is -2.21. The SMILES string of the molecule is CCc1c(C(=O)N2CCCN(C(C)=O)CC2)cnn1-c1ccc(F)cc1. The van der Waals surface area contributed by atoms with Gasteiger partial charge in [0.25, 0.3) is 5.91 Å². The number of nitrogens with zero attached hydrogens (tertiary/aromatic N) is 4. The molecule has 26 heavy (non-hydrogen) atoms. The summed E-state index contributed by atoms with van der Waals surface area (Å²) in [5.41, 5.74) is 2.09. The minimum Gasteiger partial charge on any atom is -0.341 e. The van der Waals surface area contributed by atoms with Crippen molar-refractivity contribution >= 4 is 11.8 Å². The predicted molar refractivity (Wildman–Crippen MR) is 95.7 cm³/mol. The summed E-state index contributed by atoms with van der Waals surface area (Å²) in [6, 6.07) is 6.05. The minimum absolute atomic E-state index is 0.0395. The van der Waals surface area contributed by atoms with Crippen LogP contribution in [-0.2, 0) is 11.2 Å². The molecule has 0 spiro atoms. The molecular formula is C19H23FN4O2. The van der Waals surface area contributed by atoms with Crippen molar-refractivity contribution in [2.24, 2.45) is 0 Å². The molecule has 0 bridgehead atoms. The molecule has 2 heterocycles. The number of aromatic nitrogens is 2. The van der Waals surface area contributed by atoms with Gasteiger partial charge in [0.1, 0.15) is 5.82 Å². The van der Waals surface area contributed by atoms with E-state index in [1.54, 1.807) is 39.7 Å². The van der Waals surface area contributed by atoms with Gasteiger partial charge in [0.15, 0.2) is 0 Å². The Balaban J connectivity index is 1.84. The number of carbonyl (C=O) groups excluding carboxylic acids is 2. The maximum Gasteiger partial charge on any atom is 0.257 e. The molecule has 1 aromatic carbocycles. The zero-order valence-electron chi connectivity index (χ0n) is 15.1. The molecule has 2 amide bonds. The highest BCUT2D eigenvalue weighted by molar-refractivity contribution is 5.95. The van der Waals surface area contributed by atoms with E-state index in [0.717, 1.165) is 17.8 Å². The van der Waals surface area contributed by atoms with Crippen LogP contribution in [0.3, 0.4) is 0 Å². The number of halogens is 1. The molecule has 1 aliphatic rings. The molecule has 3 rings (SSSR count). The van der Waals surface area contributed by atoms with Crippen molar-refractivity contribution in [2.45, 2.75) is 26.7 Å². The van der Waals surface area contributed by atoms with Crippen molar-refractivity contribution in [2.75, 3.05) is 26.2 Å². The van der Waals surface area contributed by atoms with Crippen LogP contribution >= 0.6 is 0 Å². The van der Waals surface area contributed by atoms with Gasteiger partial charge in [0, 0.05) is 33.1 Å². The average Bonchev–Trinajstić information content (AvgIpc) is 2.90. The third kappa shape index (κ3) is 3.61. The summed E-state index contributed by atoms with van der Waals surface area (Å²) in [4.78, 5) is 28.1. The molecule has 1 saturated heterocycles. The van der Waals surface area contributed by atoms with Gasteiger partial charge in [-0.3, -0.25) is 9.59 Å². The summed E-state index contributed by atoms with van der Waals surface area (Å²) in [7, 11) is 0. The smallest absolute Gasteiger partial charge is 0.257 e. The lowest BCUT2D eigenvalue weighted by Crippen LogP contribution is -2.36. The van der Waals surface area contributed by atoms with E-state index in [2.05, 4.69) is 5.10 Å². The van der Waals surface area contributed by atoms with Crippen molar-refractivity contribution in [3.8, 4) is 5.69 Å². The monoisotopic (exact) mass is 358 g/mol. The Bertz CT molecular complexity index is 800. The van der Waals surface area contributed by atoms with Crippen LogP contribution in [0.25, 0.3) is 5.69 Å². The van der Waals surface area contributed by atoms with E-state index >= 15 is 0 Å². The van der Waals surface area contributed by atoms with E-state index in [1.165, 1.54) is 12.1 Å². The Morgan fingerprint density at radius 2 is 1.73 bits per heavy atom. The normalized spacial score (nSPS) is 15.0. The topological polar surface area (TPSA) is 58.4 Å². The van der Waals surface area contributed by atoms with Crippen LogP contribution in [0.5, 0.6) is 0 Å². The highest BCUT2D eigenvalue weighted by atomic mass is 19.1. The Labute approximate surface area is 152 Å². The molecule has 138 valence electrons. The molecule has 0 radical (unpaired) electrons. The molecule has 0 saturated carbocycles. The van der Waals surface area contributed by atoms with Crippen LogP contribution < -0.4 is 0 Å². The molecule has 1 fully saturated rings. The molecular weight excluding hydrogens is 335 g/mol. The Hall–Kier alpha value is -2.70. The lowest BCUT2D eigenvalue weighted by molar-refractivity contribution is -0.128. The third-order valence-electron chi connectivity index (χ3n) is 4.73. The lowest BCUT2D eigenvalue weighted by atomic mass is 10.1. The van der Waals surface area contributed by atoms with Gasteiger partial charge in [0.2, 0.25) is 5.91 Å². The largest absolute Gasteiger partial charge is 0.341 e. The summed E-state index contributed by atoms with van der Waals surface area (Å²) < 4.78 is 14.9. The molecule has 2 aromatic rings. The predicted octanol–water partition coefficient (Wildman–Crippen LogP) is 2.27. The molecule has 1 aromatic heterocycles. The van der Waals surface area contributed by atoms with Gasteiger partial charge in [-0.15, -0.1) is 0 Å². The first-order valence-corrected chi connectivity index (χ1v) is 8.89.